The number of nitro groups is 2. The second kappa shape index (κ2) is 9.20. The van der Waals surface area contributed by atoms with Crippen LogP contribution in [0.2, 0.25) is 0 Å². The maximum atomic E-state index is 13.5. The van der Waals surface area contributed by atoms with Gasteiger partial charge in [-0.25, -0.2) is 0 Å². The number of amides is 1. The molecule has 0 bridgehead atoms. The molecule has 4 rings (SSSR count). The topological polar surface area (TPSA) is 154 Å². The highest BCUT2D eigenvalue weighted by atomic mass is 16.6. The van der Waals surface area contributed by atoms with Crippen molar-refractivity contribution < 1.29 is 14.6 Å². The number of non-ortho nitro benzene ring substituents is 2. The molecule has 11 nitrogen and oxygen atoms in total. The highest BCUT2D eigenvalue weighted by molar-refractivity contribution is 5.96. The van der Waals surface area contributed by atoms with Crippen molar-refractivity contribution in [2.45, 2.75) is 5.54 Å². The van der Waals surface area contributed by atoms with E-state index in [1.807, 2.05) is 0 Å². The van der Waals surface area contributed by atoms with Crippen molar-refractivity contribution >= 4 is 17.3 Å². The van der Waals surface area contributed by atoms with Gasteiger partial charge in [0.25, 0.3) is 17.3 Å². The highest BCUT2D eigenvalue weighted by Gasteiger charge is 2.42. The summed E-state index contributed by atoms with van der Waals surface area (Å²) < 4.78 is 0. The second-order valence-corrected chi connectivity index (χ2v) is 7.10. The third-order valence-corrected chi connectivity index (χ3v) is 5.03. The lowest BCUT2D eigenvalue weighted by Crippen LogP contribution is -2.49. The van der Waals surface area contributed by atoms with Crippen LogP contribution in [0.15, 0.2) is 91.4 Å². The molecule has 4 aromatic rings. The Morgan fingerprint density at radius 3 is 1.44 bits per heavy atom. The summed E-state index contributed by atoms with van der Waals surface area (Å²) in [5.74, 6) is -0.811. The van der Waals surface area contributed by atoms with Gasteiger partial charge in [-0.3, -0.25) is 40.0 Å². The van der Waals surface area contributed by atoms with Gasteiger partial charge in [0.1, 0.15) is 0 Å². The SMILES string of the molecule is O=C(NC(c1ccccn1)(c1ccccn1)c1ccccn1)c1cc([N+](=O)[O-])cc([N+](=O)[O-])c1. The van der Waals surface area contributed by atoms with Crippen LogP contribution >= 0.6 is 0 Å². The van der Waals surface area contributed by atoms with Crippen LogP contribution in [0.1, 0.15) is 27.4 Å². The van der Waals surface area contributed by atoms with Gasteiger partial charge in [-0.1, -0.05) is 18.2 Å². The van der Waals surface area contributed by atoms with Gasteiger partial charge in [0.15, 0.2) is 5.54 Å². The summed E-state index contributed by atoms with van der Waals surface area (Å²) in [5, 5.41) is 25.5. The number of hydrogen-bond acceptors (Lipinski definition) is 8. The zero-order valence-electron chi connectivity index (χ0n) is 17.4. The van der Waals surface area contributed by atoms with E-state index in [2.05, 4.69) is 20.3 Å². The first-order chi connectivity index (χ1) is 16.4. The van der Waals surface area contributed by atoms with Gasteiger partial charge < -0.3 is 5.32 Å². The minimum Gasteiger partial charge on any atom is -0.330 e. The first kappa shape index (κ1) is 22.1. The predicted octanol–water partition coefficient (Wildman–Crippen LogP) is 3.41. The largest absolute Gasteiger partial charge is 0.330 e. The fraction of sp³-hybridized carbons (Fsp3) is 0.0435. The van der Waals surface area contributed by atoms with Gasteiger partial charge in [0.2, 0.25) is 0 Å². The average Bonchev–Trinajstić information content (AvgIpc) is 2.88. The zero-order chi connectivity index (χ0) is 24.1. The van der Waals surface area contributed by atoms with Crippen LogP contribution in [-0.2, 0) is 5.54 Å². The molecular formula is C23H16N6O5. The number of rotatable bonds is 7. The molecule has 0 saturated heterocycles. The molecular weight excluding hydrogens is 440 g/mol. The van der Waals surface area contributed by atoms with Gasteiger partial charge in [0, 0.05) is 30.7 Å². The summed E-state index contributed by atoms with van der Waals surface area (Å²) in [5.41, 5.74) is -1.81. The van der Waals surface area contributed by atoms with Gasteiger partial charge in [-0.15, -0.1) is 0 Å². The van der Waals surface area contributed by atoms with Crippen LogP contribution in [0.3, 0.4) is 0 Å². The van der Waals surface area contributed by atoms with Crippen molar-refractivity contribution in [1.29, 1.82) is 0 Å². The molecule has 34 heavy (non-hydrogen) atoms. The molecule has 0 spiro atoms. The van der Waals surface area contributed by atoms with E-state index in [0.717, 1.165) is 18.2 Å². The molecule has 1 amide bonds. The third kappa shape index (κ3) is 4.17. The minimum absolute atomic E-state index is 0.270. The smallest absolute Gasteiger partial charge is 0.277 e. The van der Waals surface area contributed by atoms with Crippen molar-refractivity contribution in [2.24, 2.45) is 0 Å². The van der Waals surface area contributed by atoms with Crippen LogP contribution in [0, 0.1) is 20.2 Å². The molecule has 0 saturated carbocycles. The van der Waals surface area contributed by atoms with Gasteiger partial charge in [-0.05, 0) is 36.4 Å². The van der Waals surface area contributed by atoms with E-state index in [1.54, 1.807) is 73.2 Å². The molecule has 0 unspecified atom stereocenters. The van der Waals surface area contributed by atoms with Crippen molar-refractivity contribution in [1.82, 2.24) is 20.3 Å². The number of aromatic nitrogens is 3. The molecule has 1 N–H and O–H groups in total. The molecule has 168 valence electrons. The second-order valence-electron chi connectivity index (χ2n) is 7.10. The molecule has 0 atom stereocenters. The summed E-state index contributed by atoms with van der Waals surface area (Å²) in [6.07, 6.45) is 4.63. The number of hydrogen-bond donors (Lipinski definition) is 1. The standard InChI is InChI=1S/C23H16N6O5/c30-22(16-13-17(28(31)32)15-18(14-16)29(33)34)27-23(19-7-1-4-10-24-19,20-8-2-5-11-25-20)21-9-3-6-12-26-21/h1-15H,(H,27,30). The van der Waals surface area contributed by atoms with Crippen molar-refractivity contribution in [3.05, 3.63) is 134 Å². The van der Waals surface area contributed by atoms with E-state index < -0.39 is 32.7 Å². The lowest BCUT2D eigenvalue weighted by Gasteiger charge is -2.33. The Kier molecular flexibility index (Phi) is 5.99. The number of nitrogens with zero attached hydrogens (tertiary/aromatic N) is 5. The summed E-state index contributed by atoms with van der Waals surface area (Å²) in [6.45, 7) is 0. The number of pyridine rings is 3. The summed E-state index contributed by atoms with van der Waals surface area (Å²) in [7, 11) is 0. The average molecular weight is 456 g/mol. The maximum Gasteiger partial charge on any atom is 0.277 e. The zero-order valence-corrected chi connectivity index (χ0v) is 17.4. The van der Waals surface area contributed by atoms with E-state index in [1.165, 1.54) is 0 Å². The van der Waals surface area contributed by atoms with E-state index >= 15 is 0 Å². The van der Waals surface area contributed by atoms with Crippen molar-refractivity contribution in [3.8, 4) is 0 Å². The number of nitro benzene ring substituents is 2. The lowest BCUT2D eigenvalue weighted by molar-refractivity contribution is -0.394. The van der Waals surface area contributed by atoms with Crippen molar-refractivity contribution in [3.63, 3.8) is 0 Å². The summed E-state index contributed by atoms with van der Waals surface area (Å²) in [4.78, 5) is 47.8. The predicted molar refractivity (Wildman–Crippen MR) is 120 cm³/mol. The van der Waals surface area contributed by atoms with Crippen LogP contribution in [0.4, 0.5) is 11.4 Å². The Bertz CT molecular complexity index is 1220. The Hall–Kier alpha value is -5.06. The molecule has 1 aromatic carbocycles. The summed E-state index contributed by atoms with van der Waals surface area (Å²) in [6, 6.07) is 18.1. The Morgan fingerprint density at radius 2 is 1.12 bits per heavy atom. The molecule has 11 heteroatoms. The molecule has 0 aliphatic heterocycles. The fourth-order valence-corrected chi connectivity index (χ4v) is 3.52. The molecule has 0 radical (unpaired) electrons. The first-order valence-corrected chi connectivity index (χ1v) is 9.93. The van der Waals surface area contributed by atoms with Gasteiger partial charge in [0.05, 0.1) is 38.6 Å². The third-order valence-electron chi connectivity index (χ3n) is 5.03. The number of benzene rings is 1. The van der Waals surface area contributed by atoms with E-state index in [0.29, 0.717) is 17.1 Å². The number of nitrogens with one attached hydrogen (secondary N) is 1. The maximum absolute atomic E-state index is 13.5. The molecule has 3 aromatic heterocycles. The Morgan fingerprint density at radius 1 is 0.706 bits per heavy atom. The van der Waals surface area contributed by atoms with Crippen LogP contribution in [-0.4, -0.2) is 30.7 Å². The quantitative estimate of drug-likeness (QED) is 0.328. The molecule has 0 fully saturated rings. The van der Waals surface area contributed by atoms with Crippen molar-refractivity contribution in [2.75, 3.05) is 0 Å². The fourth-order valence-electron chi connectivity index (χ4n) is 3.52. The van der Waals surface area contributed by atoms with E-state index in [-0.39, 0.29) is 5.56 Å². The number of carbonyl (C=O) groups excluding carboxylic acids is 1. The number of carbonyl (C=O) groups is 1. The molecule has 3 heterocycles. The van der Waals surface area contributed by atoms with E-state index in [4.69, 9.17) is 0 Å². The molecule has 0 aliphatic carbocycles. The Balaban J connectivity index is 1.93. The first-order valence-electron chi connectivity index (χ1n) is 9.93. The van der Waals surface area contributed by atoms with Crippen LogP contribution in [0.5, 0.6) is 0 Å². The van der Waals surface area contributed by atoms with E-state index in [9.17, 15) is 25.0 Å². The van der Waals surface area contributed by atoms with Gasteiger partial charge >= 0.3 is 0 Å². The normalized spacial score (nSPS) is 10.9. The lowest BCUT2D eigenvalue weighted by atomic mass is 9.85. The van der Waals surface area contributed by atoms with Crippen LogP contribution < -0.4 is 5.32 Å². The molecule has 0 aliphatic rings. The highest BCUT2D eigenvalue weighted by Crippen LogP contribution is 2.34. The summed E-state index contributed by atoms with van der Waals surface area (Å²) >= 11 is 0. The van der Waals surface area contributed by atoms with Gasteiger partial charge in [-0.2, -0.15) is 0 Å². The Labute approximate surface area is 192 Å². The minimum atomic E-state index is -1.50. The van der Waals surface area contributed by atoms with Crippen LogP contribution in [0.25, 0.3) is 0 Å². The monoisotopic (exact) mass is 456 g/mol.